The quantitative estimate of drug-likeness (QED) is 0.691. The van der Waals surface area contributed by atoms with Gasteiger partial charge in [-0.15, -0.1) is 0 Å². The molecule has 0 aliphatic carbocycles. The fourth-order valence-corrected chi connectivity index (χ4v) is 2.57. The molecule has 0 saturated carbocycles. The second kappa shape index (κ2) is 7.47. The van der Waals surface area contributed by atoms with Gasteiger partial charge in [0.05, 0.1) is 12.1 Å². The number of hydrogen-bond donors (Lipinski definition) is 0. The van der Waals surface area contributed by atoms with Gasteiger partial charge in [-0.3, -0.25) is 4.79 Å². The van der Waals surface area contributed by atoms with Crippen LogP contribution in [0.1, 0.15) is 17.0 Å². The van der Waals surface area contributed by atoms with Crippen molar-refractivity contribution < 1.29 is 18.0 Å². The topological polar surface area (TPSA) is 46.3 Å². The lowest BCUT2D eigenvalue weighted by molar-refractivity contribution is -0.129. The van der Waals surface area contributed by atoms with Gasteiger partial charge in [-0.2, -0.15) is 0 Å². The first-order valence-electron chi connectivity index (χ1n) is 8.13. The number of aromatic nitrogens is 1. The maximum absolute atomic E-state index is 13.8. The van der Waals surface area contributed by atoms with E-state index in [2.05, 4.69) is 4.98 Å². The summed E-state index contributed by atoms with van der Waals surface area (Å²) in [6.45, 7) is 1.80. The van der Waals surface area contributed by atoms with Gasteiger partial charge >= 0.3 is 0 Å². The number of halogens is 2. The molecule has 0 saturated heterocycles. The molecule has 0 unspecified atom stereocenters. The maximum atomic E-state index is 13.8. The number of oxazole rings is 1. The molecule has 6 heteroatoms. The first kappa shape index (κ1) is 17.8. The monoisotopic (exact) mass is 356 g/mol. The lowest BCUT2D eigenvalue weighted by atomic mass is 10.2. The normalized spacial score (nSPS) is 10.8. The van der Waals surface area contributed by atoms with Gasteiger partial charge in [0.2, 0.25) is 11.8 Å². The summed E-state index contributed by atoms with van der Waals surface area (Å²) >= 11 is 0. The highest BCUT2D eigenvalue weighted by molar-refractivity contribution is 5.78. The van der Waals surface area contributed by atoms with Crippen LogP contribution in [0.2, 0.25) is 0 Å². The van der Waals surface area contributed by atoms with Crippen LogP contribution in [0.4, 0.5) is 8.78 Å². The highest BCUT2D eigenvalue weighted by Gasteiger charge is 2.18. The van der Waals surface area contributed by atoms with Crippen LogP contribution in [0.5, 0.6) is 0 Å². The lowest BCUT2D eigenvalue weighted by Crippen LogP contribution is -2.28. The van der Waals surface area contributed by atoms with E-state index in [4.69, 9.17) is 4.42 Å². The van der Waals surface area contributed by atoms with Crippen molar-refractivity contribution in [3.8, 4) is 11.5 Å². The standard InChI is InChI=1S/C20H18F2N2O2/c1-13-18(23-20(26-13)14-6-4-3-5-7-14)11-19(25)24(2)12-15-8-9-16(21)10-17(15)22/h3-10H,11-12H2,1-2H3. The minimum atomic E-state index is -0.673. The third kappa shape index (κ3) is 3.96. The number of amides is 1. The average Bonchev–Trinajstić information content (AvgIpc) is 2.98. The highest BCUT2D eigenvalue weighted by atomic mass is 19.1. The van der Waals surface area contributed by atoms with Gasteiger partial charge in [0, 0.05) is 30.8 Å². The Morgan fingerprint density at radius 3 is 2.58 bits per heavy atom. The van der Waals surface area contributed by atoms with E-state index in [9.17, 15) is 13.6 Å². The average molecular weight is 356 g/mol. The second-order valence-electron chi connectivity index (χ2n) is 6.05. The van der Waals surface area contributed by atoms with Crippen LogP contribution in [0.25, 0.3) is 11.5 Å². The van der Waals surface area contributed by atoms with E-state index < -0.39 is 11.6 Å². The summed E-state index contributed by atoms with van der Waals surface area (Å²) in [4.78, 5) is 18.2. The molecule has 0 atom stereocenters. The zero-order valence-electron chi connectivity index (χ0n) is 14.5. The molecule has 1 aromatic heterocycles. The summed E-state index contributed by atoms with van der Waals surface area (Å²) in [5.74, 6) is -0.526. The van der Waals surface area contributed by atoms with Crippen LogP contribution >= 0.6 is 0 Å². The van der Waals surface area contributed by atoms with Crippen molar-refractivity contribution in [3.63, 3.8) is 0 Å². The molecule has 1 amide bonds. The van der Waals surface area contributed by atoms with Gasteiger partial charge in [0.15, 0.2) is 0 Å². The van der Waals surface area contributed by atoms with E-state index in [1.54, 1.807) is 14.0 Å². The number of likely N-dealkylation sites (N-methyl/N-ethyl adjacent to an activating group) is 1. The lowest BCUT2D eigenvalue weighted by Gasteiger charge is -2.17. The summed E-state index contributed by atoms with van der Waals surface area (Å²) in [5, 5.41) is 0. The van der Waals surface area contributed by atoms with Crippen LogP contribution in [-0.2, 0) is 17.8 Å². The first-order valence-corrected chi connectivity index (χ1v) is 8.13. The molecule has 0 spiro atoms. The van der Waals surface area contributed by atoms with Crippen LogP contribution in [0.3, 0.4) is 0 Å². The zero-order chi connectivity index (χ0) is 18.7. The minimum Gasteiger partial charge on any atom is -0.441 e. The Kier molecular flexibility index (Phi) is 5.11. The van der Waals surface area contributed by atoms with Gasteiger partial charge in [0.1, 0.15) is 17.4 Å². The highest BCUT2D eigenvalue weighted by Crippen LogP contribution is 2.22. The molecule has 26 heavy (non-hydrogen) atoms. The minimum absolute atomic E-state index is 0.0431. The number of hydrogen-bond acceptors (Lipinski definition) is 3. The van der Waals surface area contributed by atoms with E-state index in [0.29, 0.717) is 17.3 Å². The number of nitrogens with zero attached hydrogens (tertiary/aromatic N) is 2. The SMILES string of the molecule is Cc1oc(-c2ccccc2)nc1CC(=O)N(C)Cc1ccc(F)cc1F. The van der Waals surface area contributed by atoms with Crippen LogP contribution in [0, 0.1) is 18.6 Å². The van der Waals surface area contributed by atoms with E-state index in [0.717, 1.165) is 11.6 Å². The summed E-state index contributed by atoms with van der Waals surface area (Å²) in [7, 11) is 1.57. The Morgan fingerprint density at radius 2 is 1.88 bits per heavy atom. The van der Waals surface area contributed by atoms with Gasteiger partial charge in [-0.25, -0.2) is 13.8 Å². The maximum Gasteiger partial charge on any atom is 0.228 e. The molecule has 0 N–H and O–H groups in total. The third-order valence-electron chi connectivity index (χ3n) is 4.08. The molecule has 3 aromatic rings. The van der Waals surface area contributed by atoms with E-state index >= 15 is 0 Å². The van der Waals surface area contributed by atoms with Crippen molar-refractivity contribution in [2.45, 2.75) is 19.9 Å². The van der Waals surface area contributed by atoms with Crippen molar-refractivity contribution in [1.82, 2.24) is 9.88 Å². The Bertz CT molecular complexity index is 923. The molecular weight excluding hydrogens is 338 g/mol. The first-order chi connectivity index (χ1) is 12.4. The molecule has 134 valence electrons. The Labute approximate surface area is 150 Å². The Balaban J connectivity index is 1.70. The van der Waals surface area contributed by atoms with Crippen molar-refractivity contribution in [2.24, 2.45) is 0 Å². The molecular formula is C20H18F2N2O2. The fraction of sp³-hybridized carbons (Fsp3) is 0.200. The van der Waals surface area contributed by atoms with E-state index in [-0.39, 0.29) is 24.4 Å². The number of rotatable bonds is 5. The predicted molar refractivity (Wildman–Crippen MR) is 93.2 cm³/mol. The van der Waals surface area contributed by atoms with Crippen LogP contribution in [0.15, 0.2) is 52.9 Å². The fourth-order valence-electron chi connectivity index (χ4n) is 2.57. The van der Waals surface area contributed by atoms with Crippen molar-refractivity contribution >= 4 is 5.91 Å². The molecule has 3 rings (SSSR count). The Morgan fingerprint density at radius 1 is 1.15 bits per heavy atom. The van der Waals surface area contributed by atoms with Gasteiger partial charge in [-0.05, 0) is 25.1 Å². The van der Waals surface area contributed by atoms with Gasteiger partial charge in [-0.1, -0.05) is 24.3 Å². The van der Waals surface area contributed by atoms with Crippen LogP contribution < -0.4 is 0 Å². The van der Waals surface area contributed by atoms with Gasteiger partial charge in [0.25, 0.3) is 0 Å². The zero-order valence-corrected chi connectivity index (χ0v) is 14.5. The van der Waals surface area contributed by atoms with E-state index in [1.807, 2.05) is 30.3 Å². The Hall–Kier alpha value is -3.02. The summed E-state index contributed by atoms with van der Waals surface area (Å²) in [6, 6.07) is 12.7. The second-order valence-corrected chi connectivity index (χ2v) is 6.05. The molecule has 1 heterocycles. The molecule has 0 bridgehead atoms. The number of carbonyl (C=O) groups is 1. The van der Waals surface area contributed by atoms with Crippen molar-refractivity contribution in [1.29, 1.82) is 0 Å². The molecule has 0 radical (unpaired) electrons. The largest absolute Gasteiger partial charge is 0.441 e. The summed E-state index contributed by atoms with van der Waals surface area (Å²) < 4.78 is 32.4. The van der Waals surface area contributed by atoms with Gasteiger partial charge < -0.3 is 9.32 Å². The van der Waals surface area contributed by atoms with Crippen molar-refractivity contribution in [2.75, 3.05) is 7.05 Å². The molecule has 0 aliphatic rings. The number of benzene rings is 2. The van der Waals surface area contributed by atoms with E-state index in [1.165, 1.54) is 17.0 Å². The molecule has 2 aromatic carbocycles. The summed E-state index contributed by atoms with van der Waals surface area (Å²) in [5.41, 5.74) is 1.63. The van der Waals surface area contributed by atoms with Crippen LogP contribution in [-0.4, -0.2) is 22.8 Å². The van der Waals surface area contributed by atoms with Crippen molar-refractivity contribution in [3.05, 3.63) is 77.2 Å². The molecule has 4 nitrogen and oxygen atoms in total. The smallest absolute Gasteiger partial charge is 0.228 e. The number of carbonyl (C=O) groups excluding carboxylic acids is 1. The molecule has 0 aliphatic heterocycles. The molecule has 0 fully saturated rings. The summed E-state index contributed by atoms with van der Waals surface area (Å²) in [6.07, 6.45) is 0.0431. The predicted octanol–water partition coefficient (Wildman–Crippen LogP) is 4.13. The third-order valence-corrected chi connectivity index (χ3v) is 4.08. The number of aryl methyl sites for hydroxylation is 1.